The van der Waals surface area contributed by atoms with E-state index >= 15 is 0 Å². The molecule has 1 aromatic rings. The number of nitrogens with zero attached hydrogens (tertiary/aromatic N) is 2. The second-order valence-electron chi connectivity index (χ2n) is 5.28. The Morgan fingerprint density at radius 3 is 2.57 bits per heavy atom. The fourth-order valence-corrected chi connectivity index (χ4v) is 4.34. The molecule has 21 heavy (non-hydrogen) atoms. The van der Waals surface area contributed by atoms with Crippen LogP contribution in [0.1, 0.15) is 31.2 Å². The van der Waals surface area contributed by atoms with Crippen molar-refractivity contribution in [3.63, 3.8) is 0 Å². The van der Waals surface area contributed by atoms with Gasteiger partial charge in [-0.1, -0.05) is 25.0 Å². The molecule has 1 saturated heterocycles. The average Bonchev–Trinajstić information content (AvgIpc) is 2.73. The van der Waals surface area contributed by atoms with Gasteiger partial charge in [0.2, 0.25) is 10.0 Å². The lowest BCUT2D eigenvalue weighted by Crippen LogP contribution is -2.42. The van der Waals surface area contributed by atoms with E-state index in [-0.39, 0.29) is 24.0 Å². The molecule has 1 atom stereocenters. The Kier molecular flexibility index (Phi) is 5.34. The minimum Gasteiger partial charge on any atom is -0.395 e. The van der Waals surface area contributed by atoms with Gasteiger partial charge in [-0.25, -0.2) is 8.42 Å². The molecule has 114 valence electrons. The highest BCUT2D eigenvalue weighted by atomic mass is 32.2. The monoisotopic (exact) mass is 308 g/mol. The molecule has 1 aliphatic rings. The van der Waals surface area contributed by atoms with Crippen LogP contribution in [0.4, 0.5) is 0 Å². The molecule has 1 N–H and O–H groups in total. The van der Waals surface area contributed by atoms with E-state index in [1.165, 1.54) is 4.31 Å². The van der Waals surface area contributed by atoms with Crippen LogP contribution >= 0.6 is 0 Å². The molecule has 0 amide bonds. The van der Waals surface area contributed by atoms with Crippen molar-refractivity contribution in [2.24, 2.45) is 0 Å². The normalized spacial score (nSPS) is 20.7. The van der Waals surface area contributed by atoms with Crippen LogP contribution in [0.3, 0.4) is 0 Å². The fourth-order valence-electron chi connectivity index (χ4n) is 2.66. The van der Waals surface area contributed by atoms with Crippen molar-refractivity contribution in [1.29, 1.82) is 5.26 Å². The summed E-state index contributed by atoms with van der Waals surface area (Å²) < 4.78 is 26.9. The maximum Gasteiger partial charge on any atom is 0.243 e. The van der Waals surface area contributed by atoms with Gasteiger partial charge in [-0.15, -0.1) is 0 Å². The van der Waals surface area contributed by atoms with E-state index < -0.39 is 10.0 Å². The Balaban J connectivity index is 2.28. The van der Waals surface area contributed by atoms with E-state index in [0.717, 1.165) is 24.8 Å². The molecule has 1 heterocycles. The molecule has 5 nitrogen and oxygen atoms in total. The summed E-state index contributed by atoms with van der Waals surface area (Å²) in [5, 5.41) is 18.1. The van der Waals surface area contributed by atoms with Gasteiger partial charge in [0.05, 0.1) is 24.0 Å². The van der Waals surface area contributed by atoms with Crippen molar-refractivity contribution in [3.05, 3.63) is 29.8 Å². The quantitative estimate of drug-likeness (QED) is 0.917. The first kappa shape index (κ1) is 16.0. The van der Waals surface area contributed by atoms with Gasteiger partial charge in [0, 0.05) is 12.6 Å². The van der Waals surface area contributed by atoms with Crippen LogP contribution in [0.2, 0.25) is 0 Å². The third-order valence-electron chi connectivity index (χ3n) is 3.85. The predicted octanol–water partition coefficient (Wildman–Crippen LogP) is 1.68. The SMILES string of the molecule is N#CCc1ccc(S(=O)(=O)N2CCCCCC2CO)cc1. The number of rotatable bonds is 4. The molecule has 0 bridgehead atoms. The summed E-state index contributed by atoms with van der Waals surface area (Å²) in [6.45, 7) is 0.305. The molecule has 1 unspecified atom stereocenters. The van der Waals surface area contributed by atoms with E-state index in [9.17, 15) is 13.5 Å². The van der Waals surface area contributed by atoms with Crippen LogP contribution in [0.15, 0.2) is 29.2 Å². The third-order valence-corrected chi connectivity index (χ3v) is 5.81. The minimum absolute atomic E-state index is 0.147. The van der Waals surface area contributed by atoms with Crippen LogP contribution in [-0.2, 0) is 16.4 Å². The Morgan fingerprint density at radius 2 is 1.95 bits per heavy atom. The minimum atomic E-state index is -3.59. The summed E-state index contributed by atoms with van der Waals surface area (Å²) >= 11 is 0. The molecule has 6 heteroatoms. The Morgan fingerprint density at radius 1 is 1.24 bits per heavy atom. The molecular weight excluding hydrogens is 288 g/mol. The zero-order valence-electron chi connectivity index (χ0n) is 11.9. The van der Waals surface area contributed by atoms with E-state index in [0.29, 0.717) is 13.0 Å². The van der Waals surface area contributed by atoms with Crippen molar-refractivity contribution >= 4 is 10.0 Å². The van der Waals surface area contributed by atoms with E-state index in [2.05, 4.69) is 0 Å². The highest BCUT2D eigenvalue weighted by Gasteiger charge is 2.31. The molecule has 1 aliphatic heterocycles. The summed E-state index contributed by atoms with van der Waals surface area (Å²) in [6.07, 6.45) is 3.72. The maximum atomic E-state index is 12.7. The van der Waals surface area contributed by atoms with Gasteiger partial charge in [0.1, 0.15) is 0 Å². The van der Waals surface area contributed by atoms with E-state index in [1.54, 1.807) is 24.3 Å². The van der Waals surface area contributed by atoms with Gasteiger partial charge in [-0.2, -0.15) is 9.57 Å². The van der Waals surface area contributed by atoms with Crippen molar-refractivity contribution in [3.8, 4) is 6.07 Å². The second kappa shape index (κ2) is 7.03. The van der Waals surface area contributed by atoms with E-state index in [1.807, 2.05) is 6.07 Å². The van der Waals surface area contributed by atoms with Crippen LogP contribution in [0, 0.1) is 11.3 Å². The smallest absolute Gasteiger partial charge is 0.243 e. The van der Waals surface area contributed by atoms with Crippen molar-refractivity contribution < 1.29 is 13.5 Å². The highest BCUT2D eigenvalue weighted by Crippen LogP contribution is 2.24. The summed E-state index contributed by atoms with van der Waals surface area (Å²) in [5.41, 5.74) is 0.797. The fraction of sp³-hybridized carbons (Fsp3) is 0.533. The van der Waals surface area contributed by atoms with Gasteiger partial charge in [-0.05, 0) is 30.5 Å². The summed E-state index contributed by atoms with van der Waals surface area (Å²) in [6, 6.07) is 8.12. The molecule has 1 fully saturated rings. The number of benzene rings is 1. The number of aliphatic hydroxyl groups is 1. The number of aliphatic hydroxyl groups excluding tert-OH is 1. The number of sulfonamides is 1. The van der Waals surface area contributed by atoms with Crippen molar-refractivity contribution in [2.75, 3.05) is 13.2 Å². The lowest BCUT2D eigenvalue weighted by molar-refractivity contribution is 0.186. The lowest BCUT2D eigenvalue weighted by Gasteiger charge is -2.27. The third kappa shape index (κ3) is 3.62. The van der Waals surface area contributed by atoms with Gasteiger partial charge in [0.15, 0.2) is 0 Å². The number of hydrogen-bond acceptors (Lipinski definition) is 4. The first-order valence-corrected chi connectivity index (χ1v) is 8.62. The molecule has 0 aromatic heterocycles. The predicted molar refractivity (Wildman–Crippen MR) is 79.0 cm³/mol. The van der Waals surface area contributed by atoms with E-state index in [4.69, 9.17) is 5.26 Å². The maximum absolute atomic E-state index is 12.7. The number of hydrogen-bond donors (Lipinski definition) is 1. The van der Waals surface area contributed by atoms with Crippen LogP contribution < -0.4 is 0 Å². The zero-order chi connectivity index (χ0) is 15.3. The first-order valence-electron chi connectivity index (χ1n) is 7.18. The molecule has 1 aromatic carbocycles. The summed E-state index contributed by atoms with van der Waals surface area (Å²) in [4.78, 5) is 0.226. The molecule has 0 aliphatic carbocycles. The molecule has 0 saturated carbocycles. The lowest BCUT2D eigenvalue weighted by atomic mass is 10.1. The molecule has 0 radical (unpaired) electrons. The standard InChI is InChI=1S/C15H20N2O3S/c16-10-9-13-5-7-15(8-6-13)21(19,20)17-11-3-1-2-4-14(17)12-18/h5-8,14,18H,1-4,9,11-12H2. The molecule has 0 spiro atoms. The number of nitriles is 1. The molecule has 2 rings (SSSR count). The zero-order valence-corrected chi connectivity index (χ0v) is 12.7. The van der Waals surface area contributed by atoms with Gasteiger partial charge >= 0.3 is 0 Å². The van der Waals surface area contributed by atoms with Crippen LogP contribution in [0.25, 0.3) is 0 Å². The Labute approximate surface area is 125 Å². The Hall–Kier alpha value is -1.42. The van der Waals surface area contributed by atoms with Gasteiger partial charge in [0.25, 0.3) is 0 Å². The highest BCUT2D eigenvalue weighted by molar-refractivity contribution is 7.89. The van der Waals surface area contributed by atoms with Gasteiger partial charge < -0.3 is 5.11 Å². The summed E-state index contributed by atoms with van der Waals surface area (Å²) in [5.74, 6) is 0. The summed E-state index contributed by atoms with van der Waals surface area (Å²) in [7, 11) is -3.59. The van der Waals surface area contributed by atoms with Crippen molar-refractivity contribution in [2.45, 2.75) is 43.0 Å². The molecular formula is C15H20N2O3S. The van der Waals surface area contributed by atoms with Crippen molar-refractivity contribution in [1.82, 2.24) is 4.31 Å². The Bertz CT molecular complexity index is 605. The average molecular weight is 308 g/mol. The largest absolute Gasteiger partial charge is 0.395 e. The first-order chi connectivity index (χ1) is 10.1. The second-order valence-corrected chi connectivity index (χ2v) is 7.17. The van der Waals surface area contributed by atoms with Gasteiger partial charge in [-0.3, -0.25) is 0 Å². The topological polar surface area (TPSA) is 81.4 Å². The van der Waals surface area contributed by atoms with Crippen LogP contribution in [-0.4, -0.2) is 37.0 Å². The van der Waals surface area contributed by atoms with Crippen LogP contribution in [0.5, 0.6) is 0 Å².